The fourth-order valence-corrected chi connectivity index (χ4v) is 3.75. The number of rotatable bonds is 5. The second kappa shape index (κ2) is 8.67. The number of benzene rings is 3. The predicted molar refractivity (Wildman–Crippen MR) is 127 cm³/mol. The van der Waals surface area contributed by atoms with Crippen LogP contribution in [-0.2, 0) is 0 Å². The first-order valence-corrected chi connectivity index (χ1v) is 10.6. The Morgan fingerprint density at radius 3 is 2.52 bits per heavy atom. The topological polar surface area (TPSA) is 70.7 Å². The number of carbonyl (C=O) groups excluding carboxylic acids is 1. The number of imidazole rings is 1. The van der Waals surface area contributed by atoms with Crippen LogP contribution in [0.25, 0.3) is 33.5 Å². The number of nitrogens with zero attached hydrogens (tertiary/aromatic N) is 2. The van der Waals surface area contributed by atoms with Gasteiger partial charge < -0.3 is 10.3 Å². The van der Waals surface area contributed by atoms with Crippen molar-refractivity contribution in [1.82, 2.24) is 20.3 Å². The van der Waals surface area contributed by atoms with Gasteiger partial charge in [-0.15, -0.1) is 0 Å². The zero-order chi connectivity index (χ0) is 22.8. The maximum Gasteiger partial charge on any atom is 0.251 e. The second-order valence-electron chi connectivity index (χ2n) is 7.89. The van der Waals surface area contributed by atoms with Crippen molar-refractivity contribution < 1.29 is 9.18 Å². The molecule has 0 bridgehead atoms. The molecule has 0 radical (unpaired) electrons. The van der Waals surface area contributed by atoms with Gasteiger partial charge in [0.15, 0.2) is 5.82 Å². The van der Waals surface area contributed by atoms with Crippen LogP contribution in [0.4, 0.5) is 4.39 Å². The smallest absolute Gasteiger partial charge is 0.251 e. The van der Waals surface area contributed by atoms with E-state index < -0.39 is 0 Å². The number of carbonyl (C=O) groups is 1. The Kier molecular flexibility index (Phi) is 5.40. The zero-order valence-electron chi connectivity index (χ0n) is 17.9. The van der Waals surface area contributed by atoms with E-state index in [4.69, 9.17) is 0 Å². The highest BCUT2D eigenvalue weighted by atomic mass is 19.1. The number of aromatic nitrogens is 3. The van der Waals surface area contributed by atoms with E-state index in [1.165, 1.54) is 12.1 Å². The summed E-state index contributed by atoms with van der Waals surface area (Å²) >= 11 is 0. The summed E-state index contributed by atoms with van der Waals surface area (Å²) in [7, 11) is 0. The summed E-state index contributed by atoms with van der Waals surface area (Å²) in [6.07, 6.45) is 3.57. The van der Waals surface area contributed by atoms with Crippen molar-refractivity contribution >= 4 is 16.7 Å². The van der Waals surface area contributed by atoms with Gasteiger partial charge in [0.05, 0.1) is 17.9 Å². The standard InChI is InChI=1S/C27H21FN4O/c1-17(18-9-11-23(28)12-10-18)31-27(33)21-8-4-7-20(13-21)25-16-30-26(32-25)24-14-19-5-2-3-6-22(19)15-29-24/h2-17H,1H3,(H,30,32)(H,31,33)/t17-/m1/s1. The lowest BCUT2D eigenvalue weighted by Crippen LogP contribution is -2.26. The monoisotopic (exact) mass is 436 g/mol. The lowest BCUT2D eigenvalue weighted by molar-refractivity contribution is 0.0940. The van der Waals surface area contributed by atoms with Crippen LogP contribution in [0.1, 0.15) is 28.9 Å². The minimum Gasteiger partial charge on any atom is -0.346 e. The molecule has 2 heterocycles. The maximum absolute atomic E-state index is 13.2. The fourth-order valence-electron chi connectivity index (χ4n) is 3.75. The van der Waals surface area contributed by atoms with E-state index in [1.54, 1.807) is 24.4 Å². The number of pyridine rings is 1. The van der Waals surface area contributed by atoms with Crippen molar-refractivity contribution in [2.45, 2.75) is 13.0 Å². The fraction of sp³-hybridized carbons (Fsp3) is 0.0741. The second-order valence-corrected chi connectivity index (χ2v) is 7.89. The highest BCUT2D eigenvalue weighted by molar-refractivity contribution is 5.95. The molecule has 0 spiro atoms. The Morgan fingerprint density at radius 1 is 0.909 bits per heavy atom. The Hall–Kier alpha value is -4.32. The van der Waals surface area contributed by atoms with Crippen LogP contribution in [0, 0.1) is 5.82 Å². The van der Waals surface area contributed by atoms with E-state index in [2.05, 4.69) is 20.3 Å². The van der Waals surface area contributed by atoms with Crippen molar-refractivity contribution in [2.75, 3.05) is 0 Å². The van der Waals surface area contributed by atoms with Crippen molar-refractivity contribution in [1.29, 1.82) is 0 Å². The number of H-pyrrole nitrogens is 1. The van der Waals surface area contributed by atoms with Crippen molar-refractivity contribution in [3.63, 3.8) is 0 Å². The number of hydrogen-bond acceptors (Lipinski definition) is 3. The van der Waals surface area contributed by atoms with E-state index >= 15 is 0 Å². The van der Waals surface area contributed by atoms with Crippen LogP contribution < -0.4 is 5.32 Å². The molecule has 33 heavy (non-hydrogen) atoms. The number of aromatic amines is 1. The molecule has 0 aliphatic carbocycles. The molecule has 6 heteroatoms. The summed E-state index contributed by atoms with van der Waals surface area (Å²) in [5.41, 5.74) is 3.75. The maximum atomic E-state index is 13.2. The third kappa shape index (κ3) is 4.36. The van der Waals surface area contributed by atoms with E-state index in [9.17, 15) is 9.18 Å². The van der Waals surface area contributed by atoms with Gasteiger partial charge in [-0.3, -0.25) is 9.78 Å². The number of amides is 1. The summed E-state index contributed by atoms with van der Waals surface area (Å²) in [5, 5.41) is 5.12. The average molecular weight is 436 g/mol. The van der Waals surface area contributed by atoms with Crippen LogP contribution in [0.2, 0.25) is 0 Å². The van der Waals surface area contributed by atoms with E-state index in [1.807, 2.05) is 61.7 Å². The van der Waals surface area contributed by atoms with Crippen LogP contribution in [0.15, 0.2) is 91.3 Å². The molecule has 2 N–H and O–H groups in total. The van der Waals surface area contributed by atoms with Crippen LogP contribution >= 0.6 is 0 Å². The number of fused-ring (bicyclic) bond motifs is 1. The van der Waals surface area contributed by atoms with Gasteiger partial charge in [-0.05, 0) is 48.2 Å². The molecule has 5 rings (SSSR count). The van der Waals surface area contributed by atoms with E-state index in [-0.39, 0.29) is 17.8 Å². The Morgan fingerprint density at radius 2 is 1.70 bits per heavy atom. The summed E-state index contributed by atoms with van der Waals surface area (Å²) in [5.74, 6) is 0.156. The molecule has 3 aromatic carbocycles. The molecule has 2 aromatic heterocycles. The molecule has 0 aliphatic heterocycles. The lowest BCUT2D eigenvalue weighted by atomic mass is 10.1. The summed E-state index contributed by atoms with van der Waals surface area (Å²) in [4.78, 5) is 25.1. The third-order valence-electron chi connectivity index (χ3n) is 5.60. The van der Waals surface area contributed by atoms with Crippen LogP contribution in [-0.4, -0.2) is 20.9 Å². The highest BCUT2D eigenvalue weighted by Gasteiger charge is 2.14. The first kappa shape index (κ1) is 20.6. The Bertz CT molecular complexity index is 1440. The molecule has 5 aromatic rings. The summed E-state index contributed by atoms with van der Waals surface area (Å²) < 4.78 is 13.2. The van der Waals surface area contributed by atoms with Gasteiger partial charge in [-0.1, -0.05) is 48.5 Å². The van der Waals surface area contributed by atoms with Gasteiger partial charge in [0.25, 0.3) is 5.91 Å². The molecule has 162 valence electrons. The first-order valence-electron chi connectivity index (χ1n) is 10.6. The van der Waals surface area contributed by atoms with E-state index in [0.29, 0.717) is 11.4 Å². The van der Waals surface area contributed by atoms with Gasteiger partial charge in [-0.2, -0.15) is 0 Å². The zero-order valence-corrected chi connectivity index (χ0v) is 17.9. The number of halogens is 1. The summed E-state index contributed by atoms with van der Waals surface area (Å²) in [6, 6.07) is 23.2. The molecule has 5 nitrogen and oxygen atoms in total. The Labute approximate surface area is 190 Å². The molecule has 0 aliphatic rings. The largest absolute Gasteiger partial charge is 0.346 e. The van der Waals surface area contributed by atoms with Gasteiger partial charge in [0.2, 0.25) is 0 Å². The minimum atomic E-state index is -0.303. The lowest BCUT2D eigenvalue weighted by Gasteiger charge is -2.14. The molecule has 0 fully saturated rings. The minimum absolute atomic E-state index is 0.204. The predicted octanol–water partition coefficient (Wildman–Crippen LogP) is 5.92. The molecular weight excluding hydrogens is 415 g/mol. The highest BCUT2D eigenvalue weighted by Crippen LogP contribution is 2.24. The van der Waals surface area contributed by atoms with Gasteiger partial charge in [0, 0.05) is 22.7 Å². The van der Waals surface area contributed by atoms with Crippen molar-refractivity contribution in [2.24, 2.45) is 0 Å². The molecular formula is C27H21FN4O. The quantitative estimate of drug-likeness (QED) is 0.359. The van der Waals surface area contributed by atoms with Gasteiger partial charge >= 0.3 is 0 Å². The van der Waals surface area contributed by atoms with E-state index in [0.717, 1.165) is 33.3 Å². The molecule has 1 atom stereocenters. The SMILES string of the molecule is C[C@@H](NC(=O)c1cccc(-c2cnc(-c3cc4ccccc4cn3)[nH]2)c1)c1ccc(F)cc1. The molecule has 1 amide bonds. The normalized spacial score (nSPS) is 11.9. The Balaban J connectivity index is 1.36. The number of nitrogens with one attached hydrogen (secondary N) is 2. The molecule has 0 unspecified atom stereocenters. The van der Waals surface area contributed by atoms with Crippen LogP contribution in [0.3, 0.4) is 0 Å². The van der Waals surface area contributed by atoms with Gasteiger partial charge in [-0.25, -0.2) is 9.37 Å². The first-order chi connectivity index (χ1) is 16.1. The molecule has 0 saturated heterocycles. The van der Waals surface area contributed by atoms with Crippen LogP contribution in [0.5, 0.6) is 0 Å². The van der Waals surface area contributed by atoms with Crippen molar-refractivity contribution in [3.05, 3.63) is 108 Å². The van der Waals surface area contributed by atoms with Crippen molar-refractivity contribution in [3.8, 4) is 22.8 Å². The van der Waals surface area contributed by atoms with Gasteiger partial charge in [0.1, 0.15) is 11.5 Å². The number of hydrogen-bond donors (Lipinski definition) is 2. The average Bonchev–Trinajstić information content (AvgIpc) is 3.35. The molecule has 0 saturated carbocycles. The summed E-state index contributed by atoms with van der Waals surface area (Å²) in [6.45, 7) is 1.87. The third-order valence-corrected chi connectivity index (χ3v) is 5.60.